The van der Waals surface area contributed by atoms with Gasteiger partial charge in [-0.15, -0.1) is 0 Å². The maximum atomic E-state index is 12.5. The van der Waals surface area contributed by atoms with Crippen LogP contribution in [0.15, 0.2) is 0 Å². The van der Waals surface area contributed by atoms with Crippen molar-refractivity contribution >= 4 is 5.91 Å². The Bertz CT molecular complexity index is 264. The minimum Gasteiger partial charge on any atom is -0.331 e. The third-order valence-electron chi connectivity index (χ3n) is 4.06. The van der Waals surface area contributed by atoms with E-state index in [1.165, 1.54) is 0 Å². The van der Waals surface area contributed by atoms with Gasteiger partial charge in [0.2, 0.25) is 5.91 Å². The van der Waals surface area contributed by atoms with E-state index in [2.05, 4.69) is 51.3 Å². The fourth-order valence-electron chi connectivity index (χ4n) is 3.04. The topological polar surface area (TPSA) is 23.6 Å². The van der Waals surface area contributed by atoms with Gasteiger partial charge in [0.15, 0.2) is 0 Å². The van der Waals surface area contributed by atoms with Gasteiger partial charge in [0, 0.05) is 11.1 Å². The lowest BCUT2D eigenvalue weighted by molar-refractivity contribution is -0.141. The first-order chi connectivity index (χ1) is 7.74. The summed E-state index contributed by atoms with van der Waals surface area (Å²) in [5, 5.41) is 0. The van der Waals surface area contributed by atoms with Crippen LogP contribution in [0.25, 0.3) is 0 Å². The summed E-state index contributed by atoms with van der Waals surface area (Å²) in [6.45, 7) is 15.4. The van der Waals surface area contributed by atoms with Crippen LogP contribution in [0.3, 0.4) is 0 Å². The van der Waals surface area contributed by atoms with Crippen LogP contribution in [-0.4, -0.2) is 46.4 Å². The Labute approximate surface area is 106 Å². The SMILES string of the molecule is CCN(CC)CC(=O)N1C(C)(C)CCC1(C)C. The van der Waals surface area contributed by atoms with Crippen molar-refractivity contribution in [3.63, 3.8) is 0 Å². The summed E-state index contributed by atoms with van der Waals surface area (Å²) in [6.07, 6.45) is 2.20. The van der Waals surface area contributed by atoms with Crippen molar-refractivity contribution in [2.75, 3.05) is 19.6 Å². The monoisotopic (exact) mass is 240 g/mol. The molecule has 1 amide bonds. The molecule has 0 bridgehead atoms. The molecule has 0 aromatic rings. The van der Waals surface area contributed by atoms with E-state index >= 15 is 0 Å². The molecular formula is C14H28N2O. The molecule has 1 saturated heterocycles. The molecular weight excluding hydrogens is 212 g/mol. The molecule has 1 rings (SSSR count). The maximum Gasteiger partial charge on any atom is 0.237 e. The van der Waals surface area contributed by atoms with E-state index in [1.807, 2.05) is 0 Å². The Morgan fingerprint density at radius 1 is 1.06 bits per heavy atom. The minimum atomic E-state index is 0.00767. The zero-order chi connectivity index (χ0) is 13.3. The van der Waals surface area contributed by atoms with Crippen molar-refractivity contribution in [3.05, 3.63) is 0 Å². The molecule has 0 radical (unpaired) electrons. The minimum absolute atomic E-state index is 0.00767. The van der Waals surface area contributed by atoms with Gasteiger partial charge in [-0.3, -0.25) is 9.69 Å². The van der Waals surface area contributed by atoms with Crippen LogP contribution < -0.4 is 0 Å². The molecule has 1 aliphatic rings. The van der Waals surface area contributed by atoms with Crippen LogP contribution in [0, 0.1) is 0 Å². The summed E-state index contributed by atoms with van der Waals surface area (Å²) in [7, 11) is 0. The van der Waals surface area contributed by atoms with Gasteiger partial charge in [-0.25, -0.2) is 0 Å². The Kier molecular flexibility index (Phi) is 4.23. The van der Waals surface area contributed by atoms with Crippen molar-refractivity contribution in [3.8, 4) is 0 Å². The van der Waals surface area contributed by atoms with Crippen LogP contribution in [0.2, 0.25) is 0 Å². The molecule has 17 heavy (non-hydrogen) atoms. The van der Waals surface area contributed by atoms with Gasteiger partial charge in [-0.05, 0) is 53.6 Å². The van der Waals surface area contributed by atoms with Crippen molar-refractivity contribution in [1.82, 2.24) is 9.80 Å². The smallest absolute Gasteiger partial charge is 0.237 e. The number of likely N-dealkylation sites (tertiary alicyclic amines) is 1. The van der Waals surface area contributed by atoms with Crippen molar-refractivity contribution < 1.29 is 4.79 Å². The number of carbonyl (C=O) groups excluding carboxylic acids is 1. The standard InChI is InChI=1S/C14H28N2O/c1-7-15(8-2)11-12(17)16-13(3,4)9-10-14(16,5)6/h7-11H2,1-6H3. The predicted octanol–water partition coefficient (Wildman–Crippen LogP) is 2.51. The first-order valence-corrected chi connectivity index (χ1v) is 6.80. The van der Waals surface area contributed by atoms with E-state index in [0.29, 0.717) is 6.54 Å². The molecule has 0 saturated carbocycles. The lowest BCUT2D eigenvalue weighted by atomic mass is 10.0. The highest BCUT2D eigenvalue weighted by Crippen LogP contribution is 2.40. The molecule has 3 nitrogen and oxygen atoms in total. The van der Waals surface area contributed by atoms with Gasteiger partial charge in [-0.1, -0.05) is 13.8 Å². The van der Waals surface area contributed by atoms with Gasteiger partial charge >= 0.3 is 0 Å². The number of hydrogen-bond donors (Lipinski definition) is 0. The van der Waals surface area contributed by atoms with E-state index in [-0.39, 0.29) is 17.0 Å². The quantitative estimate of drug-likeness (QED) is 0.754. The second-order valence-electron chi connectivity index (χ2n) is 6.32. The van der Waals surface area contributed by atoms with Crippen molar-refractivity contribution in [2.24, 2.45) is 0 Å². The summed E-state index contributed by atoms with van der Waals surface area (Å²) >= 11 is 0. The molecule has 1 heterocycles. The maximum absolute atomic E-state index is 12.5. The molecule has 0 aromatic heterocycles. The molecule has 1 aliphatic heterocycles. The average Bonchev–Trinajstić information content (AvgIpc) is 2.44. The fraction of sp³-hybridized carbons (Fsp3) is 0.929. The summed E-state index contributed by atoms with van der Waals surface area (Å²) in [6, 6.07) is 0. The molecule has 0 aliphatic carbocycles. The van der Waals surface area contributed by atoms with Crippen LogP contribution in [0.1, 0.15) is 54.4 Å². The normalized spacial score (nSPS) is 22.2. The number of rotatable bonds is 4. The van der Waals surface area contributed by atoms with E-state index in [9.17, 15) is 4.79 Å². The molecule has 0 N–H and O–H groups in total. The Hall–Kier alpha value is -0.570. The van der Waals surface area contributed by atoms with Crippen LogP contribution >= 0.6 is 0 Å². The summed E-state index contributed by atoms with van der Waals surface area (Å²) in [4.78, 5) is 16.8. The summed E-state index contributed by atoms with van der Waals surface area (Å²) in [5.74, 6) is 0.279. The van der Waals surface area contributed by atoms with Crippen LogP contribution in [0.4, 0.5) is 0 Å². The van der Waals surface area contributed by atoms with Gasteiger partial charge in [0.05, 0.1) is 6.54 Å². The van der Waals surface area contributed by atoms with E-state index in [1.54, 1.807) is 0 Å². The second kappa shape index (κ2) is 4.97. The second-order valence-corrected chi connectivity index (χ2v) is 6.32. The zero-order valence-corrected chi connectivity index (χ0v) is 12.3. The number of likely N-dealkylation sites (N-methyl/N-ethyl adjacent to an activating group) is 1. The summed E-state index contributed by atoms with van der Waals surface area (Å²) < 4.78 is 0. The summed E-state index contributed by atoms with van der Waals surface area (Å²) in [5.41, 5.74) is 0.0153. The third kappa shape index (κ3) is 3.01. The highest BCUT2D eigenvalue weighted by Gasteiger charge is 2.46. The molecule has 0 spiro atoms. The van der Waals surface area contributed by atoms with Crippen molar-refractivity contribution in [1.29, 1.82) is 0 Å². The molecule has 0 atom stereocenters. The number of amides is 1. The van der Waals surface area contributed by atoms with Crippen LogP contribution in [-0.2, 0) is 4.79 Å². The van der Waals surface area contributed by atoms with Gasteiger partial charge < -0.3 is 4.90 Å². The van der Waals surface area contributed by atoms with Crippen molar-refractivity contribution in [2.45, 2.75) is 65.5 Å². The van der Waals surface area contributed by atoms with Gasteiger partial charge in [-0.2, -0.15) is 0 Å². The molecule has 1 fully saturated rings. The molecule has 0 aromatic carbocycles. The molecule has 3 heteroatoms. The average molecular weight is 240 g/mol. The Morgan fingerprint density at radius 3 is 1.82 bits per heavy atom. The number of nitrogens with zero attached hydrogens (tertiary/aromatic N) is 2. The zero-order valence-electron chi connectivity index (χ0n) is 12.3. The first kappa shape index (κ1) is 14.5. The van der Waals surface area contributed by atoms with Crippen LogP contribution in [0.5, 0.6) is 0 Å². The fourth-order valence-corrected chi connectivity index (χ4v) is 3.04. The van der Waals surface area contributed by atoms with E-state index < -0.39 is 0 Å². The molecule has 0 unspecified atom stereocenters. The first-order valence-electron chi connectivity index (χ1n) is 6.80. The number of carbonyl (C=O) groups is 1. The predicted molar refractivity (Wildman–Crippen MR) is 72.0 cm³/mol. The van der Waals surface area contributed by atoms with Gasteiger partial charge in [0.25, 0.3) is 0 Å². The van der Waals surface area contributed by atoms with E-state index in [4.69, 9.17) is 0 Å². The molecule has 100 valence electrons. The number of hydrogen-bond acceptors (Lipinski definition) is 2. The largest absolute Gasteiger partial charge is 0.331 e. The Balaban J connectivity index is 2.79. The van der Waals surface area contributed by atoms with Gasteiger partial charge in [0.1, 0.15) is 0 Å². The van der Waals surface area contributed by atoms with E-state index in [0.717, 1.165) is 25.9 Å². The highest BCUT2D eigenvalue weighted by molar-refractivity contribution is 5.80. The highest BCUT2D eigenvalue weighted by atomic mass is 16.2. The lowest BCUT2D eigenvalue weighted by Crippen LogP contribution is -2.54. The third-order valence-corrected chi connectivity index (χ3v) is 4.06. The Morgan fingerprint density at radius 2 is 1.47 bits per heavy atom. The lowest BCUT2D eigenvalue weighted by Gasteiger charge is -2.41.